The molecule has 0 bridgehead atoms. The fraction of sp³-hybridized carbons (Fsp3) is 0.895. The van der Waals surface area contributed by atoms with E-state index in [0.29, 0.717) is 30.7 Å². The van der Waals surface area contributed by atoms with Crippen LogP contribution in [0.4, 0.5) is 0 Å². The second-order valence-corrected chi connectivity index (χ2v) is 7.98. The number of carbonyl (C=O) groups is 2. The molecule has 0 aromatic carbocycles. The lowest BCUT2D eigenvalue weighted by Crippen LogP contribution is -2.55. The van der Waals surface area contributed by atoms with Crippen molar-refractivity contribution in [3.05, 3.63) is 0 Å². The van der Waals surface area contributed by atoms with Crippen LogP contribution in [0.25, 0.3) is 0 Å². The molecule has 0 aromatic heterocycles. The maximum Gasteiger partial charge on any atom is 0.222 e. The Hall–Kier alpha value is -1.10. The number of unbranched alkanes of at least 4 members (excludes halogenated alkanes) is 2. The van der Waals surface area contributed by atoms with Crippen LogP contribution in [0.3, 0.4) is 0 Å². The molecule has 1 unspecified atom stereocenters. The number of methoxy groups -OCH3 is 1. The molecule has 0 N–H and O–H groups in total. The molecule has 0 aromatic rings. The van der Waals surface area contributed by atoms with Crippen molar-refractivity contribution in [2.45, 2.75) is 70.3 Å². The minimum atomic E-state index is 0.167. The Morgan fingerprint density at radius 1 is 1.21 bits per heavy atom. The minimum absolute atomic E-state index is 0.167. The SMILES string of the molecule is COCCCCCC(=O)N1CCCC2(CCC(=O)N(C3CC3)C2)C1. The predicted octanol–water partition coefficient (Wildman–Crippen LogP) is 2.59. The summed E-state index contributed by atoms with van der Waals surface area (Å²) in [4.78, 5) is 29.0. The first-order valence-corrected chi connectivity index (χ1v) is 9.70. The normalized spacial score (nSPS) is 27.8. The highest BCUT2D eigenvalue weighted by Crippen LogP contribution is 2.42. The molecule has 2 saturated heterocycles. The number of ether oxygens (including phenoxy) is 1. The van der Waals surface area contributed by atoms with Gasteiger partial charge in [0, 0.05) is 57.6 Å². The highest BCUT2D eigenvalue weighted by molar-refractivity contribution is 5.78. The van der Waals surface area contributed by atoms with Crippen molar-refractivity contribution in [2.24, 2.45) is 5.41 Å². The molecule has 1 spiro atoms. The van der Waals surface area contributed by atoms with Crippen molar-refractivity contribution in [3.63, 3.8) is 0 Å². The van der Waals surface area contributed by atoms with Crippen LogP contribution in [-0.4, -0.2) is 61.0 Å². The van der Waals surface area contributed by atoms with E-state index in [-0.39, 0.29) is 5.41 Å². The summed E-state index contributed by atoms with van der Waals surface area (Å²) in [5, 5.41) is 0. The van der Waals surface area contributed by atoms with Gasteiger partial charge in [0.25, 0.3) is 0 Å². The first kappa shape index (κ1) is 17.7. The van der Waals surface area contributed by atoms with Crippen molar-refractivity contribution in [1.82, 2.24) is 9.80 Å². The number of hydrogen-bond acceptors (Lipinski definition) is 3. The molecule has 3 rings (SSSR count). The van der Waals surface area contributed by atoms with Crippen LogP contribution in [0.1, 0.15) is 64.2 Å². The van der Waals surface area contributed by atoms with Crippen LogP contribution in [0, 0.1) is 5.41 Å². The van der Waals surface area contributed by atoms with Gasteiger partial charge in [-0.15, -0.1) is 0 Å². The standard InChI is InChI=1S/C19H32N2O3/c1-24-13-4-2-3-6-17(22)20-12-5-10-19(14-20)11-9-18(23)21(15-19)16-7-8-16/h16H,2-15H2,1H3. The van der Waals surface area contributed by atoms with Crippen LogP contribution in [0.2, 0.25) is 0 Å². The van der Waals surface area contributed by atoms with Crippen molar-refractivity contribution >= 4 is 11.8 Å². The Balaban J connectivity index is 1.50. The quantitative estimate of drug-likeness (QED) is 0.672. The summed E-state index contributed by atoms with van der Waals surface area (Å²) < 4.78 is 5.06. The fourth-order valence-corrected chi connectivity index (χ4v) is 4.37. The van der Waals surface area contributed by atoms with E-state index in [1.807, 2.05) is 0 Å². The van der Waals surface area contributed by atoms with Gasteiger partial charge in [0.2, 0.25) is 11.8 Å². The van der Waals surface area contributed by atoms with E-state index < -0.39 is 0 Å². The van der Waals surface area contributed by atoms with E-state index in [9.17, 15) is 9.59 Å². The van der Waals surface area contributed by atoms with Crippen molar-refractivity contribution in [3.8, 4) is 0 Å². The van der Waals surface area contributed by atoms with Crippen molar-refractivity contribution < 1.29 is 14.3 Å². The van der Waals surface area contributed by atoms with E-state index in [2.05, 4.69) is 9.80 Å². The first-order valence-electron chi connectivity index (χ1n) is 9.70. The van der Waals surface area contributed by atoms with Gasteiger partial charge < -0.3 is 14.5 Å². The molecule has 2 aliphatic heterocycles. The molecule has 1 atom stereocenters. The molecule has 0 radical (unpaired) electrons. The Morgan fingerprint density at radius 2 is 2.04 bits per heavy atom. The lowest BCUT2D eigenvalue weighted by molar-refractivity contribution is -0.143. The summed E-state index contributed by atoms with van der Waals surface area (Å²) in [5.74, 6) is 0.645. The van der Waals surface area contributed by atoms with E-state index in [1.54, 1.807) is 7.11 Å². The third-order valence-corrected chi connectivity index (χ3v) is 5.94. The van der Waals surface area contributed by atoms with Crippen LogP contribution in [-0.2, 0) is 14.3 Å². The molecule has 3 fully saturated rings. The number of nitrogens with zero attached hydrogens (tertiary/aromatic N) is 2. The zero-order chi connectivity index (χ0) is 17.0. The van der Waals surface area contributed by atoms with E-state index in [1.165, 1.54) is 19.3 Å². The molecule has 24 heavy (non-hydrogen) atoms. The Bertz CT molecular complexity index is 464. The molecule has 5 heteroatoms. The van der Waals surface area contributed by atoms with E-state index in [0.717, 1.165) is 58.3 Å². The van der Waals surface area contributed by atoms with Crippen LogP contribution in [0.5, 0.6) is 0 Å². The van der Waals surface area contributed by atoms with Gasteiger partial charge in [-0.1, -0.05) is 6.42 Å². The summed E-state index contributed by atoms with van der Waals surface area (Å²) in [7, 11) is 1.72. The highest BCUT2D eigenvalue weighted by Gasteiger charge is 2.46. The molecule has 5 nitrogen and oxygen atoms in total. The van der Waals surface area contributed by atoms with Gasteiger partial charge in [-0.3, -0.25) is 9.59 Å². The third kappa shape index (κ3) is 4.29. The van der Waals surface area contributed by atoms with Gasteiger partial charge in [-0.2, -0.15) is 0 Å². The third-order valence-electron chi connectivity index (χ3n) is 5.94. The second-order valence-electron chi connectivity index (χ2n) is 7.98. The summed E-state index contributed by atoms with van der Waals surface area (Å²) in [5.41, 5.74) is 0.167. The number of hydrogen-bond donors (Lipinski definition) is 0. The largest absolute Gasteiger partial charge is 0.385 e. The van der Waals surface area contributed by atoms with Crippen LogP contribution < -0.4 is 0 Å². The zero-order valence-corrected chi connectivity index (χ0v) is 15.1. The van der Waals surface area contributed by atoms with Crippen LogP contribution >= 0.6 is 0 Å². The average Bonchev–Trinajstić information content (AvgIpc) is 3.42. The zero-order valence-electron chi connectivity index (χ0n) is 15.1. The maximum absolute atomic E-state index is 12.6. The summed E-state index contributed by atoms with van der Waals surface area (Å²) in [6.45, 7) is 3.43. The van der Waals surface area contributed by atoms with E-state index >= 15 is 0 Å². The predicted molar refractivity (Wildman–Crippen MR) is 92.6 cm³/mol. The Labute approximate surface area is 145 Å². The lowest BCUT2D eigenvalue weighted by Gasteiger charge is -2.48. The number of likely N-dealkylation sites (tertiary alicyclic amines) is 2. The van der Waals surface area contributed by atoms with Gasteiger partial charge in [-0.05, 0) is 44.9 Å². The minimum Gasteiger partial charge on any atom is -0.385 e. The van der Waals surface area contributed by atoms with Crippen molar-refractivity contribution in [1.29, 1.82) is 0 Å². The molecule has 1 saturated carbocycles. The number of piperidine rings is 2. The first-order chi connectivity index (χ1) is 11.6. The van der Waals surface area contributed by atoms with Gasteiger partial charge in [0.15, 0.2) is 0 Å². The lowest BCUT2D eigenvalue weighted by atomic mass is 9.73. The summed E-state index contributed by atoms with van der Waals surface area (Å²) in [6, 6.07) is 0.501. The smallest absolute Gasteiger partial charge is 0.222 e. The van der Waals surface area contributed by atoms with Crippen LogP contribution in [0.15, 0.2) is 0 Å². The molecule has 1 aliphatic carbocycles. The summed E-state index contributed by atoms with van der Waals surface area (Å²) in [6.07, 6.45) is 9.95. The highest BCUT2D eigenvalue weighted by atomic mass is 16.5. The fourth-order valence-electron chi connectivity index (χ4n) is 4.37. The molecule has 2 heterocycles. The number of rotatable bonds is 7. The maximum atomic E-state index is 12.6. The van der Waals surface area contributed by atoms with Crippen molar-refractivity contribution in [2.75, 3.05) is 33.4 Å². The molecular formula is C19H32N2O3. The topological polar surface area (TPSA) is 49.9 Å². The molecule has 136 valence electrons. The average molecular weight is 336 g/mol. The number of carbonyl (C=O) groups excluding carboxylic acids is 2. The second kappa shape index (κ2) is 7.85. The van der Waals surface area contributed by atoms with Gasteiger partial charge in [0.05, 0.1) is 0 Å². The monoisotopic (exact) mass is 336 g/mol. The van der Waals surface area contributed by atoms with Gasteiger partial charge in [-0.25, -0.2) is 0 Å². The van der Waals surface area contributed by atoms with Gasteiger partial charge in [0.1, 0.15) is 0 Å². The number of amides is 2. The van der Waals surface area contributed by atoms with Gasteiger partial charge >= 0.3 is 0 Å². The van der Waals surface area contributed by atoms with E-state index in [4.69, 9.17) is 4.74 Å². The molecule has 2 amide bonds. The Kier molecular flexibility index (Phi) is 5.80. The molecule has 3 aliphatic rings. The molecular weight excluding hydrogens is 304 g/mol. The Morgan fingerprint density at radius 3 is 2.79 bits per heavy atom. The summed E-state index contributed by atoms with van der Waals surface area (Å²) >= 11 is 0.